The molecule has 0 heterocycles. The minimum absolute atomic E-state index is 0.735. The van der Waals surface area contributed by atoms with Crippen molar-refractivity contribution < 1.29 is 4.74 Å². The molecule has 72 valence electrons. The zero-order chi connectivity index (χ0) is 8.81. The van der Waals surface area contributed by atoms with Crippen molar-refractivity contribution in [3.63, 3.8) is 0 Å². The standard InChI is InChI=1S/C9H20N2O/c1-11(5-4-10)6-7-12-8-9-2-3-9/h9H,2-8,10H2,1H3. The van der Waals surface area contributed by atoms with Crippen LogP contribution in [-0.2, 0) is 4.74 Å². The molecule has 0 aromatic carbocycles. The number of likely N-dealkylation sites (N-methyl/N-ethyl adjacent to an activating group) is 1. The van der Waals surface area contributed by atoms with Crippen LogP contribution in [0.4, 0.5) is 0 Å². The van der Waals surface area contributed by atoms with Crippen LogP contribution in [0.5, 0.6) is 0 Å². The fraction of sp³-hybridized carbons (Fsp3) is 1.00. The lowest BCUT2D eigenvalue weighted by atomic mass is 10.5. The van der Waals surface area contributed by atoms with Gasteiger partial charge in [-0.3, -0.25) is 0 Å². The Balaban J connectivity index is 1.80. The van der Waals surface area contributed by atoms with Crippen LogP contribution in [-0.4, -0.2) is 44.8 Å². The average Bonchev–Trinajstić information content (AvgIpc) is 2.82. The maximum atomic E-state index is 5.49. The normalized spacial score (nSPS) is 17.2. The highest BCUT2D eigenvalue weighted by molar-refractivity contribution is 4.71. The van der Waals surface area contributed by atoms with Gasteiger partial charge in [-0.2, -0.15) is 0 Å². The molecule has 0 aliphatic heterocycles. The molecular weight excluding hydrogens is 152 g/mol. The Morgan fingerprint density at radius 1 is 1.42 bits per heavy atom. The molecule has 1 aliphatic rings. The Hall–Kier alpha value is -0.120. The van der Waals surface area contributed by atoms with Crippen LogP contribution in [0.15, 0.2) is 0 Å². The third-order valence-electron chi connectivity index (χ3n) is 2.18. The van der Waals surface area contributed by atoms with E-state index in [1.807, 2.05) is 0 Å². The zero-order valence-corrected chi connectivity index (χ0v) is 7.96. The van der Waals surface area contributed by atoms with Gasteiger partial charge in [0, 0.05) is 26.2 Å². The minimum Gasteiger partial charge on any atom is -0.380 e. The third kappa shape index (κ3) is 4.70. The average molecular weight is 172 g/mol. The quantitative estimate of drug-likeness (QED) is 0.561. The Kier molecular flexibility index (Phi) is 4.58. The van der Waals surface area contributed by atoms with E-state index >= 15 is 0 Å². The third-order valence-corrected chi connectivity index (χ3v) is 2.18. The summed E-state index contributed by atoms with van der Waals surface area (Å²) in [6.45, 7) is 4.53. The van der Waals surface area contributed by atoms with Crippen molar-refractivity contribution in [3.8, 4) is 0 Å². The summed E-state index contributed by atoms with van der Waals surface area (Å²) in [5, 5.41) is 0. The molecule has 0 radical (unpaired) electrons. The monoisotopic (exact) mass is 172 g/mol. The summed E-state index contributed by atoms with van der Waals surface area (Å²) >= 11 is 0. The lowest BCUT2D eigenvalue weighted by molar-refractivity contribution is 0.104. The molecule has 1 fully saturated rings. The number of hydrogen-bond donors (Lipinski definition) is 1. The van der Waals surface area contributed by atoms with E-state index in [1.165, 1.54) is 12.8 Å². The van der Waals surface area contributed by atoms with Crippen LogP contribution in [0.3, 0.4) is 0 Å². The van der Waals surface area contributed by atoms with Gasteiger partial charge in [-0.25, -0.2) is 0 Å². The van der Waals surface area contributed by atoms with Crippen molar-refractivity contribution >= 4 is 0 Å². The molecule has 0 saturated heterocycles. The maximum absolute atomic E-state index is 5.49. The van der Waals surface area contributed by atoms with Gasteiger partial charge in [0.1, 0.15) is 0 Å². The molecule has 0 unspecified atom stereocenters. The number of rotatable bonds is 7. The van der Waals surface area contributed by atoms with Crippen molar-refractivity contribution in [2.24, 2.45) is 11.7 Å². The fourth-order valence-electron chi connectivity index (χ4n) is 1.09. The van der Waals surface area contributed by atoms with Crippen LogP contribution in [0.1, 0.15) is 12.8 Å². The van der Waals surface area contributed by atoms with Crippen molar-refractivity contribution in [1.29, 1.82) is 0 Å². The number of ether oxygens (including phenoxy) is 1. The molecule has 0 spiro atoms. The van der Waals surface area contributed by atoms with Gasteiger partial charge in [0.2, 0.25) is 0 Å². The van der Waals surface area contributed by atoms with Crippen LogP contribution < -0.4 is 5.73 Å². The van der Waals surface area contributed by atoms with E-state index in [1.54, 1.807) is 0 Å². The van der Waals surface area contributed by atoms with E-state index in [2.05, 4.69) is 11.9 Å². The summed E-state index contributed by atoms with van der Waals surface area (Å²) in [7, 11) is 2.08. The van der Waals surface area contributed by atoms with Crippen molar-refractivity contribution in [1.82, 2.24) is 4.90 Å². The molecular formula is C9H20N2O. The highest BCUT2D eigenvalue weighted by Crippen LogP contribution is 2.28. The topological polar surface area (TPSA) is 38.5 Å². The molecule has 1 saturated carbocycles. The second-order valence-electron chi connectivity index (χ2n) is 3.61. The zero-order valence-electron chi connectivity index (χ0n) is 7.96. The van der Waals surface area contributed by atoms with Crippen LogP contribution in [0, 0.1) is 5.92 Å². The van der Waals surface area contributed by atoms with Crippen LogP contribution in [0.25, 0.3) is 0 Å². The summed E-state index contributed by atoms with van der Waals surface area (Å²) < 4.78 is 5.49. The molecule has 3 nitrogen and oxygen atoms in total. The molecule has 0 amide bonds. The van der Waals surface area contributed by atoms with E-state index in [9.17, 15) is 0 Å². The number of hydrogen-bond acceptors (Lipinski definition) is 3. The van der Waals surface area contributed by atoms with Gasteiger partial charge in [0.05, 0.1) is 6.61 Å². The first-order valence-corrected chi connectivity index (χ1v) is 4.79. The second kappa shape index (κ2) is 5.51. The Morgan fingerprint density at radius 2 is 2.17 bits per heavy atom. The van der Waals surface area contributed by atoms with E-state index < -0.39 is 0 Å². The Bertz CT molecular complexity index is 115. The molecule has 12 heavy (non-hydrogen) atoms. The Morgan fingerprint density at radius 3 is 2.75 bits per heavy atom. The SMILES string of the molecule is CN(CCN)CCOCC1CC1. The lowest BCUT2D eigenvalue weighted by Gasteiger charge is -2.14. The van der Waals surface area contributed by atoms with Gasteiger partial charge in [-0.05, 0) is 25.8 Å². The van der Waals surface area contributed by atoms with E-state index in [4.69, 9.17) is 10.5 Å². The van der Waals surface area contributed by atoms with E-state index in [-0.39, 0.29) is 0 Å². The van der Waals surface area contributed by atoms with Gasteiger partial charge >= 0.3 is 0 Å². The maximum Gasteiger partial charge on any atom is 0.0593 e. The predicted molar refractivity (Wildman–Crippen MR) is 50.1 cm³/mol. The summed E-state index contributed by atoms with van der Waals surface area (Å²) in [5.74, 6) is 0.879. The smallest absolute Gasteiger partial charge is 0.0593 e. The van der Waals surface area contributed by atoms with Gasteiger partial charge < -0.3 is 15.4 Å². The van der Waals surface area contributed by atoms with E-state index in [0.717, 1.165) is 38.8 Å². The largest absolute Gasteiger partial charge is 0.380 e. The molecule has 0 bridgehead atoms. The number of nitrogens with zero attached hydrogens (tertiary/aromatic N) is 1. The number of nitrogens with two attached hydrogens (primary N) is 1. The second-order valence-corrected chi connectivity index (χ2v) is 3.61. The molecule has 1 aliphatic carbocycles. The molecule has 0 aromatic heterocycles. The first kappa shape index (κ1) is 9.96. The molecule has 3 heteroatoms. The highest BCUT2D eigenvalue weighted by atomic mass is 16.5. The first-order valence-electron chi connectivity index (χ1n) is 4.79. The molecule has 2 N–H and O–H groups in total. The Labute approximate surface area is 74.9 Å². The highest BCUT2D eigenvalue weighted by Gasteiger charge is 2.20. The molecule has 0 aromatic rings. The predicted octanol–water partition coefficient (Wildman–Crippen LogP) is 0.303. The van der Waals surface area contributed by atoms with Crippen LogP contribution >= 0.6 is 0 Å². The van der Waals surface area contributed by atoms with Crippen molar-refractivity contribution in [2.45, 2.75) is 12.8 Å². The van der Waals surface area contributed by atoms with Crippen molar-refractivity contribution in [2.75, 3.05) is 39.9 Å². The van der Waals surface area contributed by atoms with Crippen LogP contribution in [0.2, 0.25) is 0 Å². The van der Waals surface area contributed by atoms with Gasteiger partial charge in [0.25, 0.3) is 0 Å². The first-order chi connectivity index (χ1) is 5.83. The molecule has 0 atom stereocenters. The summed E-state index contributed by atoms with van der Waals surface area (Å²) in [4.78, 5) is 2.20. The molecule has 1 rings (SSSR count). The minimum atomic E-state index is 0.735. The van der Waals surface area contributed by atoms with Gasteiger partial charge in [0.15, 0.2) is 0 Å². The lowest BCUT2D eigenvalue weighted by Crippen LogP contribution is -2.28. The van der Waals surface area contributed by atoms with Gasteiger partial charge in [-0.1, -0.05) is 0 Å². The van der Waals surface area contributed by atoms with E-state index in [0.29, 0.717) is 0 Å². The van der Waals surface area contributed by atoms with Gasteiger partial charge in [-0.15, -0.1) is 0 Å². The summed E-state index contributed by atoms with van der Waals surface area (Å²) in [5.41, 5.74) is 5.41. The summed E-state index contributed by atoms with van der Waals surface area (Å²) in [6.07, 6.45) is 2.75. The fourth-order valence-corrected chi connectivity index (χ4v) is 1.09. The van der Waals surface area contributed by atoms with Crippen molar-refractivity contribution in [3.05, 3.63) is 0 Å². The summed E-state index contributed by atoms with van der Waals surface area (Å²) in [6, 6.07) is 0.